The average molecular weight is 323 g/mol. The normalized spacial score (nSPS) is 22.5. The third-order valence-electron chi connectivity index (χ3n) is 3.65. The molecule has 2 unspecified atom stereocenters. The molecule has 5 nitrogen and oxygen atoms in total. The molecule has 1 aliphatic rings. The van der Waals surface area contributed by atoms with Gasteiger partial charge in [-0.15, -0.1) is 0 Å². The van der Waals surface area contributed by atoms with E-state index in [1.807, 2.05) is 0 Å². The number of benzene rings is 1. The van der Waals surface area contributed by atoms with Crippen LogP contribution in [0, 0.1) is 5.41 Å². The maximum Gasteiger partial charge on any atom is 0.331 e. The Morgan fingerprint density at radius 3 is 2.32 bits per heavy atom. The van der Waals surface area contributed by atoms with Crippen LogP contribution in [0.5, 0.6) is 0 Å². The highest BCUT2D eigenvalue weighted by Gasteiger charge is 2.37. The summed E-state index contributed by atoms with van der Waals surface area (Å²) in [5, 5.41) is 29.4. The number of halogens is 1. The SMILES string of the molecule is CC1(C(=O)O)C=C(C(O)c2ccc(Cl)cc2)C=C(C(=O)O)C1. The first kappa shape index (κ1) is 16.3. The van der Waals surface area contributed by atoms with E-state index in [1.54, 1.807) is 24.3 Å². The van der Waals surface area contributed by atoms with Gasteiger partial charge in [-0.3, -0.25) is 4.79 Å². The zero-order valence-electron chi connectivity index (χ0n) is 11.8. The molecule has 0 bridgehead atoms. The molecule has 116 valence electrons. The minimum atomic E-state index is -1.37. The quantitative estimate of drug-likeness (QED) is 0.792. The molecule has 0 radical (unpaired) electrons. The topological polar surface area (TPSA) is 94.8 Å². The van der Waals surface area contributed by atoms with E-state index >= 15 is 0 Å². The molecule has 0 spiro atoms. The minimum Gasteiger partial charge on any atom is -0.481 e. The summed E-state index contributed by atoms with van der Waals surface area (Å²) >= 11 is 5.79. The first-order valence-electron chi connectivity index (χ1n) is 6.56. The second kappa shape index (κ2) is 5.94. The van der Waals surface area contributed by atoms with Crippen molar-refractivity contribution < 1.29 is 24.9 Å². The van der Waals surface area contributed by atoms with Gasteiger partial charge in [-0.1, -0.05) is 29.8 Å². The lowest BCUT2D eigenvalue weighted by Crippen LogP contribution is -2.30. The number of aliphatic hydroxyl groups is 1. The van der Waals surface area contributed by atoms with Gasteiger partial charge in [0.1, 0.15) is 6.10 Å². The van der Waals surface area contributed by atoms with Crippen molar-refractivity contribution in [3.05, 3.63) is 58.1 Å². The van der Waals surface area contributed by atoms with Gasteiger partial charge in [-0.05, 0) is 42.7 Å². The highest BCUT2D eigenvalue weighted by Crippen LogP contribution is 2.38. The summed E-state index contributed by atoms with van der Waals surface area (Å²) in [5.41, 5.74) is -0.664. The number of carboxylic acids is 2. The summed E-state index contributed by atoms with van der Waals surface area (Å²) in [4.78, 5) is 22.7. The van der Waals surface area contributed by atoms with Crippen molar-refractivity contribution >= 4 is 23.5 Å². The molecule has 0 fully saturated rings. The zero-order valence-corrected chi connectivity index (χ0v) is 12.5. The summed E-state index contributed by atoms with van der Waals surface area (Å²) in [7, 11) is 0. The number of aliphatic carboxylic acids is 2. The van der Waals surface area contributed by atoms with Crippen molar-refractivity contribution in [3.8, 4) is 0 Å². The van der Waals surface area contributed by atoms with Gasteiger partial charge in [-0.2, -0.15) is 0 Å². The van der Waals surface area contributed by atoms with Crippen molar-refractivity contribution in [1.82, 2.24) is 0 Å². The number of aliphatic hydroxyl groups excluding tert-OH is 1. The number of hydrogen-bond donors (Lipinski definition) is 3. The van der Waals surface area contributed by atoms with Crippen molar-refractivity contribution in [2.24, 2.45) is 5.41 Å². The Morgan fingerprint density at radius 1 is 1.23 bits per heavy atom. The predicted octanol–water partition coefficient (Wildman–Crippen LogP) is 2.81. The van der Waals surface area contributed by atoms with Crippen molar-refractivity contribution in [2.45, 2.75) is 19.4 Å². The van der Waals surface area contributed by atoms with Crippen LogP contribution in [0.4, 0.5) is 0 Å². The van der Waals surface area contributed by atoms with Crippen LogP contribution in [0.25, 0.3) is 0 Å². The van der Waals surface area contributed by atoms with Crippen LogP contribution in [0.2, 0.25) is 5.02 Å². The Labute approximate surface area is 132 Å². The molecule has 0 saturated carbocycles. The zero-order chi connectivity index (χ0) is 16.5. The third kappa shape index (κ3) is 3.21. The van der Waals surface area contributed by atoms with Crippen LogP contribution < -0.4 is 0 Å². The molecule has 2 rings (SSSR count). The van der Waals surface area contributed by atoms with E-state index in [2.05, 4.69) is 0 Å². The Kier molecular flexibility index (Phi) is 4.39. The van der Waals surface area contributed by atoms with Crippen molar-refractivity contribution in [3.63, 3.8) is 0 Å². The maximum atomic E-state index is 11.4. The van der Waals surface area contributed by atoms with Crippen LogP contribution in [-0.4, -0.2) is 27.3 Å². The summed E-state index contributed by atoms with van der Waals surface area (Å²) in [6.45, 7) is 1.43. The lowest BCUT2D eigenvalue weighted by atomic mass is 9.76. The second-order valence-corrected chi connectivity index (χ2v) is 5.91. The van der Waals surface area contributed by atoms with Crippen LogP contribution in [0.3, 0.4) is 0 Å². The molecule has 22 heavy (non-hydrogen) atoms. The molecule has 2 atom stereocenters. The molecule has 0 heterocycles. The van der Waals surface area contributed by atoms with Crippen LogP contribution in [-0.2, 0) is 9.59 Å². The molecule has 0 saturated heterocycles. The van der Waals surface area contributed by atoms with Gasteiger partial charge < -0.3 is 15.3 Å². The summed E-state index contributed by atoms with van der Waals surface area (Å²) < 4.78 is 0. The van der Waals surface area contributed by atoms with E-state index in [9.17, 15) is 24.9 Å². The van der Waals surface area contributed by atoms with Crippen molar-refractivity contribution in [2.75, 3.05) is 0 Å². The fourth-order valence-corrected chi connectivity index (χ4v) is 2.50. The van der Waals surface area contributed by atoms with E-state index < -0.39 is 23.5 Å². The molecule has 6 heteroatoms. The summed E-state index contributed by atoms with van der Waals surface area (Å²) in [6, 6.07) is 6.41. The first-order chi connectivity index (χ1) is 10.2. The number of carbonyl (C=O) groups is 2. The van der Waals surface area contributed by atoms with Gasteiger partial charge >= 0.3 is 11.9 Å². The van der Waals surface area contributed by atoms with E-state index in [0.717, 1.165) is 0 Å². The van der Waals surface area contributed by atoms with Crippen molar-refractivity contribution in [1.29, 1.82) is 0 Å². The highest BCUT2D eigenvalue weighted by atomic mass is 35.5. The van der Waals surface area contributed by atoms with Gasteiger partial charge in [0.25, 0.3) is 0 Å². The molecule has 3 N–H and O–H groups in total. The largest absolute Gasteiger partial charge is 0.481 e. The standard InChI is InChI=1S/C16H15ClO5/c1-16(15(21)22)7-10(6-11(8-16)14(19)20)13(18)9-2-4-12(17)5-3-9/h2-7,13,18H,8H2,1H3,(H,19,20)(H,21,22). The molecule has 1 aromatic carbocycles. The van der Waals surface area contributed by atoms with Gasteiger partial charge in [0.15, 0.2) is 0 Å². The summed E-state index contributed by atoms with van der Waals surface area (Å²) in [5.74, 6) is -2.33. The van der Waals surface area contributed by atoms with Gasteiger partial charge in [0.05, 0.1) is 5.41 Å². The lowest BCUT2D eigenvalue weighted by molar-refractivity contribution is -0.145. The Balaban J connectivity index is 2.45. The third-order valence-corrected chi connectivity index (χ3v) is 3.90. The minimum absolute atomic E-state index is 0.0459. The fraction of sp³-hybridized carbons (Fsp3) is 0.250. The smallest absolute Gasteiger partial charge is 0.331 e. The summed E-state index contributed by atoms with van der Waals surface area (Å²) in [6.07, 6.45) is 1.48. The molecule has 1 aliphatic carbocycles. The lowest BCUT2D eigenvalue weighted by Gasteiger charge is -2.28. The van der Waals surface area contributed by atoms with E-state index in [-0.39, 0.29) is 17.6 Å². The number of carboxylic acid groups (broad SMARTS) is 2. The Morgan fingerprint density at radius 2 is 1.82 bits per heavy atom. The molecule has 0 amide bonds. The van der Waals surface area contributed by atoms with E-state index in [4.69, 9.17) is 11.6 Å². The molecular formula is C16H15ClO5. The highest BCUT2D eigenvalue weighted by molar-refractivity contribution is 6.30. The maximum absolute atomic E-state index is 11.4. The molecule has 0 aliphatic heterocycles. The molecule has 1 aromatic rings. The van der Waals surface area contributed by atoms with Gasteiger partial charge in [0.2, 0.25) is 0 Å². The van der Waals surface area contributed by atoms with Crippen LogP contribution in [0.15, 0.2) is 47.6 Å². The fourth-order valence-electron chi connectivity index (χ4n) is 2.38. The average Bonchev–Trinajstić information content (AvgIpc) is 2.46. The van der Waals surface area contributed by atoms with Crippen LogP contribution >= 0.6 is 11.6 Å². The van der Waals surface area contributed by atoms with Gasteiger partial charge in [0, 0.05) is 10.6 Å². The number of rotatable bonds is 4. The Bertz CT molecular complexity index is 674. The molecular weight excluding hydrogens is 308 g/mol. The Hall–Kier alpha value is -2.11. The number of hydrogen-bond acceptors (Lipinski definition) is 3. The van der Waals surface area contributed by atoms with Crippen LogP contribution in [0.1, 0.15) is 25.0 Å². The monoisotopic (exact) mass is 322 g/mol. The van der Waals surface area contributed by atoms with E-state index in [0.29, 0.717) is 10.6 Å². The first-order valence-corrected chi connectivity index (χ1v) is 6.94. The van der Waals surface area contributed by atoms with Gasteiger partial charge in [-0.25, -0.2) is 4.79 Å². The molecule has 0 aromatic heterocycles. The predicted molar refractivity (Wildman–Crippen MR) is 80.6 cm³/mol. The van der Waals surface area contributed by atoms with E-state index in [1.165, 1.54) is 19.1 Å². The second-order valence-electron chi connectivity index (χ2n) is 5.47.